The summed E-state index contributed by atoms with van der Waals surface area (Å²) in [6.07, 6.45) is 2.31. The van der Waals surface area contributed by atoms with Crippen molar-refractivity contribution in [2.45, 2.75) is 27.2 Å². The minimum Gasteiger partial charge on any atom is -0.294 e. The molecule has 3 nitrogen and oxygen atoms in total. The average Bonchev–Trinajstić information content (AvgIpc) is 2.37. The summed E-state index contributed by atoms with van der Waals surface area (Å²) in [5, 5.41) is 8.90. The van der Waals surface area contributed by atoms with Crippen molar-refractivity contribution in [1.82, 2.24) is 4.98 Å². The quantitative estimate of drug-likeness (QED) is 0.799. The molecule has 0 amide bonds. The SMILES string of the molecule is CC(=O)c1c(C)cc(Cc2cc(C#N)ccn2)cc1C. The molecule has 0 saturated heterocycles. The van der Waals surface area contributed by atoms with Crippen LogP contribution in [0.15, 0.2) is 30.5 Å². The molecule has 0 unspecified atom stereocenters. The van der Waals surface area contributed by atoms with Crippen LogP contribution in [0.2, 0.25) is 0 Å². The van der Waals surface area contributed by atoms with Crippen molar-refractivity contribution >= 4 is 5.78 Å². The maximum atomic E-state index is 11.6. The Bertz CT molecular complexity index is 688. The van der Waals surface area contributed by atoms with Crippen molar-refractivity contribution in [1.29, 1.82) is 5.26 Å². The van der Waals surface area contributed by atoms with Gasteiger partial charge in [-0.2, -0.15) is 5.26 Å². The van der Waals surface area contributed by atoms with Gasteiger partial charge in [-0.1, -0.05) is 12.1 Å². The van der Waals surface area contributed by atoms with Gasteiger partial charge >= 0.3 is 0 Å². The lowest BCUT2D eigenvalue weighted by Crippen LogP contribution is -2.02. The van der Waals surface area contributed by atoms with Crippen LogP contribution >= 0.6 is 0 Å². The van der Waals surface area contributed by atoms with Crippen LogP contribution in [-0.2, 0) is 6.42 Å². The Kier molecular flexibility index (Phi) is 3.95. The van der Waals surface area contributed by atoms with Crippen LogP contribution in [-0.4, -0.2) is 10.8 Å². The number of rotatable bonds is 3. The van der Waals surface area contributed by atoms with Crippen LogP contribution in [0.5, 0.6) is 0 Å². The highest BCUT2D eigenvalue weighted by Gasteiger charge is 2.10. The summed E-state index contributed by atoms with van der Waals surface area (Å²) in [5.74, 6) is 0.0937. The molecular weight excluding hydrogens is 248 g/mol. The third kappa shape index (κ3) is 2.92. The van der Waals surface area contributed by atoms with Crippen molar-refractivity contribution in [3.05, 3.63) is 64.0 Å². The molecule has 2 rings (SSSR count). The topological polar surface area (TPSA) is 53.8 Å². The lowest BCUT2D eigenvalue weighted by Gasteiger charge is -2.10. The van der Waals surface area contributed by atoms with Crippen molar-refractivity contribution in [2.24, 2.45) is 0 Å². The third-order valence-corrected chi connectivity index (χ3v) is 3.28. The summed E-state index contributed by atoms with van der Waals surface area (Å²) in [6.45, 7) is 5.49. The molecule has 100 valence electrons. The predicted octanol–water partition coefficient (Wildman–Crippen LogP) is 3.36. The third-order valence-electron chi connectivity index (χ3n) is 3.28. The highest BCUT2D eigenvalue weighted by atomic mass is 16.1. The van der Waals surface area contributed by atoms with Crippen LogP contribution in [0.3, 0.4) is 0 Å². The number of aryl methyl sites for hydroxylation is 2. The number of hydrogen-bond donors (Lipinski definition) is 0. The molecule has 0 saturated carbocycles. The van der Waals surface area contributed by atoms with E-state index in [1.165, 1.54) is 0 Å². The minimum absolute atomic E-state index is 0.0937. The molecule has 0 atom stereocenters. The molecule has 0 radical (unpaired) electrons. The van der Waals surface area contributed by atoms with Crippen molar-refractivity contribution < 1.29 is 4.79 Å². The van der Waals surface area contributed by atoms with Gasteiger partial charge in [-0.05, 0) is 49.6 Å². The van der Waals surface area contributed by atoms with Gasteiger partial charge in [-0.3, -0.25) is 9.78 Å². The first kappa shape index (κ1) is 14.0. The van der Waals surface area contributed by atoms with Gasteiger partial charge in [0.1, 0.15) is 0 Å². The molecule has 0 fully saturated rings. The normalized spacial score (nSPS) is 10.1. The zero-order valence-electron chi connectivity index (χ0n) is 11.9. The summed E-state index contributed by atoms with van der Waals surface area (Å²) in [5.41, 5.74) is 5.36. The molecule has 0 aliphatic rings. The van der Waals surface area contributed by atoms with Gasteiger partial charge in [0.25, 0.3) is 0 Å². The maximum absolute atomic E-state index is 11.6. The van der Waals surface area contributed by atoms with E-state index in [1.54, 1.807) is 25.3 Å². The van der Waals surface area contributed by atoms with Crippen molar-refractivity contribution in [3.63, 3.8) is 0 Å². The first-order valence-corrected chi connectivity index (χ1v) is 6.47. The number of carbonyl (C=O) groups is 1. The van der Waals surface area contributed by atoms with E-state index in [0.717, 1.165) is 27.9 Å². The molecule has 1 aromatic heterocycles. The fraction of sp³-hybridized carbons (Fsp3) is 0.235. The van der Waals surface area contributed by atoms with Crippen LogP contribution in [0.25, 0.3) is 0 Å². The number of carbonyl (C=O) groups excluding carboxylic acids is 1. The smallest absolute Gasteiger partial charge is 0.160 e. The number of pyridine rings is 1. The monoisotopic (exact) mass is 264 g/mol. The van der Waals surface area contributed by atoms with Gasteiger partial charge in [-0.15, -0.1) is 0 Å². The van der Waals surface area contributed by atoms with E-state index in [9.17, 15) is 4.79 Å². The van der Waals surface area contributed by atoms with E-state index >= 15 is 0 Å². The summed E-state index contributed by atoms with van der Waals surface area (Å²) in [6, 6.07) is 9.64. The molecule has 0 spiro atoms. The first-order chi connectivity index (χ1) is 9.51. The number of ketones is 1. The summed E-state index contributed by atoms with van der Waals surface area (Å²) >= 11 is 0. The molecule has 1 aromatic carbocycles. The second kappa shape index (κ2) is 5.66. The zero-order chi connectivity index (χ0) is 14.7. The summed E-state index contributed by atoms with van der Waals surface area (Å²) < 4.78 is 0. The highest BCUT2D eigenvalue weighted by Crippen LogP contribution is 2.19. The van der Waals surface area contributed by atoms with E-state index in [1.807, 2.05) is 26.0 Å². The van der Waals surface area contributed by atoms with Gasteiger partial charge in [0.15, 0.2) is 5.78 Å². The van der Waals surface area contributed by atoms with Crippen molar-refractivity contribution in [2.75, 3.05) is 0 Å². The standard InChI is InChI=1S/C17H16N2O/c1-11-6-15(7-12(2)17(11)13(3)20)9-16-8-14(10-18)4-5-19-16/h4-8H,9H2,1-3H3. The number of Topliss-reactive ketones (excluding diaryl/α,β-unsaturated/α-hetero) is 1. The molecule has 20 heavy (non-hydrogen) atoms. The van der Waals surface area contributed by atoms with E-state index < -0.39 is 0 Å². The Hall–Kier alpha value is -2.47. The molecule has 0 bridgehead atoms. The highest BCUT2D eigenvalue weighted by molar-refractivity contribution is 5.97. The Labute approximate surface area is 118 Å². The van der Waals surface area contributed by atoms with Crippen LogP contribution < -0.4 is 0 Å². The molecule has 3 heteroatoms. The second-order valence-corrected chi connectivity index (χ2v) is 4.99. The molecule has 1 heterocycles. The Balaban J connectivity index is 2.35. The molecular formula is C17H16N2O. The minimum atomic E-state index is 0.0937. The largest absolute Gasteiger partial charge is 0.294 e. The summed E-state index contributed by atoms with van der Waals surface area (Å²) in [4.78, 5) is 15.9. The fourth-order valence-electron chi connectivity index (χ4n) is 2.56. The second-order valence-electron chi connectivity index (χ2n) is 4.99. The van der Waals surface area contributed by atoms with Crippen LogP contribution in [0, 0.1) is 25.2 Å². The van der Waals surface area contributed by atoms with Crippen molar-refractivity contribution in [3.8, 4) is 6.07 Å². The molecule has 0 aliphatic heterocycles. The first-order valence-electron chi connectivity index (χ1n) is 6.47. The van der Waals surface area contributed by atoms with Gasteiger partial charge in [0, 0.05) is 23.9 Å². The number of aromatic nitrogens is 1. The Morgan fingerprint density at radius 1 is 1.25 bits per heavy atom. The Morgan fingerprint density at radius 2 is 1.90 bits per heavy atom. The maximum Gasteiger partial charge on any atom is 0.160 e. The van der Waals surface area contributed by atoms with E-state index in [0.29, 0.717) is 12.0 Å². The number of nitrogens with zero attached hydrogens (tertiary/aromatic N) is 2. The fourth-order valence-corrected chi connectivity index (χ4v) is 2.56. The van der Waals surface area contributed by atoms with Crippen LogP contribution in [0.4, 0.5) is 0 Å². The van der Waals surface area contributed by atoms with E-state index in [-0.39, 0.29) is 5.78 Å². The average molecular weight is 264 g/mol. The molecule has 2 aromatic rings. The van der Waals surface area contributed by atoms with E-state index in [4.69, 9.17) is 5.26 Å². The lowest BCUT2D eigenvalue weighted by molar-refractivity contribution is 0.101. The predicted molar refractivity (Wildman–Crippen MR) is 77.7 cm³/mol. The van der Waals surface area contributed by atoms with Gasteiger partial charge in [0.2, 0.25) is 0 Å². The number of hydrogen-bond acceptors (Lipinski definition) is 3. The molecule has 0 aliphatic carbocycles. The van der Waals surface area contributed by atoms with Gasteiger partial charge in [-0.25, -0.2) is 0 Å². The summed E-state index contributed by atoms with van der Waals surface area (Å²) in [7, 11) is 0. The lowest BCUT2D eigenvalue weighted by atomic mass is 9.95. The van der Waals surface area contributed by atoms with Crippen LogP contribution in [0.1, 0.15) is 45.2 Å². The zero-order valence-corrected chi connectivity index (χ0v) is 11.9. The van der Waals surface area contributed by atoms with Gasteiger partial charge in [0.05, 0.1) is 11.6 Å². The Morgan fingerprint density at radius 3 is 2.45 bits per heavy atom. The molecule has 0 N–H and O–H groups in total. The van der Waals surface area contributed by atoms with Gasteiger partial charge < -0.3 is 0 Å². The van der Waals surface area contributed by atoms with E-state index in [2.05, 4.69) is 11.1 Å². The number of nitriles is 1. The number of benzene rings is 1.